The SMILES string of the molecule is O=C(CC(F)(F)F)N1CC(F)(c2ccc(C3=CC(c4cc(F)c(F)c(F)c4)(C(F)(F)F)ON3)cc2)C1. The van der Waals surface area contributed by atoms with Crippen molar-refractivity contribution in [2.45, 2.75) is 30.0 Å². The minimum Gasteiger partial charge on any atom is -0.335 e. The van der Waals surface area contributed by atoms with Gasteiger partial charge in [0.2, 0.25) is 11.5 Å². The van der Waals surface area contributed by atoms with Crippen molar-refractivity contribution in [2.24, 2.45) is 0 Å². The van der Waals surface area contributed by atoms with E-state index in [1.54, 1.807) is 0 Å². The third-order valence-corrected chi connectivity index (χ3v) is 5.80. The van der Waals surface area contributed by atoms with Gasteiger partial charge in [0.1, 0.15) is 6.42 Å². The van der Waals surface area contributed by atoms with E-state index in [1.807, 2.05) is 5.48 Å². The number of rotatable bonds is 4. The summed E-state index contributed by atoms with van der Waals surface area (Å²) in [4.78, 5) is 16.9. The maximum absolute atomic E-state index is 15.0. The predicted molar refractivity (Wildman–Crippen MR) is 103 cm³/mol. The van der Waals surface area contributed by atoms with E-state index in [2.05, 4.69) is 4.84 Å². The zero-order valence-electron chi connectivity index (χ0n) is 17.7. The minimum absolute atomic E-state index is 0.0286. The van der Waals surface area contributed by atoms with Crippen molar-refractivity contribution in [3.05, 3.63) is 76.6 Å². The molecule has 0 saturated carbocycles. The van der Waals surface area contributed by atoms with Gasteiger partial charge in [0, 0.05) is 5.56 Å². The topological polar surface area (TPSA) is 41.6 Å². The molecule has 2 aromatic carbocycles. The largest absolute Gasteiger partial charge is 0.428 e. The van der Waals surface area contributed by atoms with Crippen molar-refractivity contribution < 1.29 is 53.5 Å². The number of halogens is 10. The summed E-state index contributed by atoms with van der Waals surface area (Å²) in [6, 6.07) is 4.97. The molecule has 2 aliphatic heterocycles. The van der Waals surface area contributed by atoms with Gasteiger partial charge in [-0.2, -0.15) is 26.3 Å². The molecule has 194 valence electrons. The molecule has 1 saturated heterocycles. The number of nitrogens with zero attached hydrogens (tertiary/aromatic N) is 1. The second-order valence-corrected chi connectivity index (χ2v) is 8.33. The molecule has 36 heavy (non-hydrogen) atoms. The molecule has 1 unspecified atom stereocenters. The van der Waals surface area contributed by atoms with Crippen molar-refractivity contribution in [1.82, 2.24) is 10.4 Å². The number of carbonyl (C=O) groups excluding carboxylic acids is 1. The van der Waals surface area contributed by atoms with E-state index in [9.17, 15) is 44.3 Å². The Bertz CT molecular complexity index is 1190. The highest BCUT2D eigenvalue weighted by Crippen LogP contribution is 2.48. The number of carbonyl (C=O) groups is 1. The van der Waals surface area contributed by atoms with Crippen LogP contribution in [0.15, 0.2) is 42.5 Å². The summed E-state index contributed by atoms with van der Waals surface area (Å²) in [7, 11) is 0. The number of hydrogen-bond donors (Lipinski definition) is 1. The summed E-state index contributed by atoms with van der Waals surface area (Å²) in [5.74, 6) is -6.97. The number of benzene rings is 2. The fourth-order valence-electron chi connectivity index (χ4n) is 3.90. The molecule has 14 heteroatoms. The summed E-state index contributed by atoms with van der Waals surface area (Å²) in [5.41, 5.74) is -4.94. The normalized spacial score (nSPS) is 21.6. The van der Waals surface area contributed by atoms with Gasteiger partial charge < -0.3 is 4.90 Å². The maximum atomic E-state index is 15.0. The lowest BCUT2D eigenvalue weighted by molar-refractivity contribution is -0.269. The first-order valence-electron chi connectivity index (χ1n) is 10.1. The average molecular weight is 528 g/mol. The average Bonchev–Trinajstić information content (AvgIpc) is 3.21. The lowest BCUT2D eigenvalue weighted by atomic mass is 9.86. The molecular weight excluding hydrogens is 514 g/mol. The summed E-state index contributed by atoms with van der Waals surface area (Å²) >= 11 is 0. The van der Waals surface area contributed by atoms with E-state index in [1.165, 1.54) is 12.1 Å². The summed E-state index contributed by atoms with van der Waals surface area (Å²) in [6.07, 6.45) is -11.3. The lowest BCUT2D eigenvalue weighted by Gasteiger charge is -2.44. The summed E-state index contributed by atoms with van der Waals surface area (Å²) in [6.45, 7) is -1.27. The quantitative estimate of drug-likeness (QED) is 0.427. The van der Waals surface area contributed by atoms with Crippen molar-refractivity contribution in [2.75, 3.05) is 13.1 Å². The van der Waals surface area contributed by atoms with E-state index >= 15 is 4.39 Å². The number of amides is 1. The molecule has 1 fully saturated rings. The number of alkyl halides is 7. The van der Waals surface area contributed by atoms with Gasteiger partial charge in [-0.1, -0.05) is 24.3 Å². The molecule has 0 bridgehead atoms. The standard InChI is InChI=1S/C22H14F10N2O2/c23-14-5-13(6-15(24)18(14)25)20(22(30,31)32)7-16(33-36-20)11-1-3-12(4-2-11)19(26)9-34(10-19)17(35)8-21(27,28)29/h1-7,33H,8-10H2. The Labute approximate surface area is 196 Å². The Balaban J connectivity index is 1.57. The van der Waals surface area contributed by atoms with Crippen LogP contribution in [0.5, 0.6) is 0 Å². The molecule has 1 atom stereocenters. The van der Waals surface area contributed by atoms with Crippen molar-refractivity contribution >= 4 is 11.6 Å². The van der Waals surface area contributed by atoms with Gasteiger partial charge in [-0.15, -0.1) is 0 Å². The smallest absolute Gasteiger partial charge is 0.335 e. The molecule has 0 radical (unpaired) electrons. The molecule has 1 amide bonds. The number of nitrogens with one attached hydrogen (secondary N) is 1. The van der Waals surface area contributed by atoms with E-state index in [-0.39, 0.29) is 29.0 Å². The Kier molecular flexibility index (Phi) is 6.01. The lowest BCUT2D eigenvalue weighted by Crippen LogP contribution is -2.59. The van der Waals surface area contributed by atoms with Crippen molar-refractivity contribution in [3.8, 4) is 0 Å². The van der Waals surface area contributed by atoms with Crippen LogP contribution in [0.4, 0.5) is 43.9 Å². The first kappa shape index (κ1) is 25.8. The fourth-order valence-corrected chi connectivity index (χ4v) is 3.90. The Hall–Kier alpha value is -3.29. The minimum atomic E-state index is -5.25. The van der Waals surface area contributed by atoms with Gasteiger partial charge >= 0.3 is 12.4 Å². The fraction of sp³-hybridized carbons (Fsp3) is 0.318. The first-order chi connectivity index (χ1) is 16.5. The van der Waals surface area contributed by atoms with Gasteiger partial charge in [0.05, 0.1) is 18.8 Å². The number of hydrogen-bond acceptors (Lipinski definition) is 3. The van der Waals surface area contributed by atoms with Crippen LogP contribution in [0.2, 0.25) is 0 Å². The third kappa shape index (κ3) is 4.49. The van der Waals surface area contributed by atoms with Crippen LogP contribution in [0, 0.1) is 17.5 Å². The summed E-state index contributed by atoms with van der Waals surface area (Å²) < 4.78 is 134. The van der Waals surface area contributed by atoms with Gasteiger partial charge in [0.15, 0.2) is 23.1 Å². The van der Waals surface area contributed by atoms with Crippen LogP contribution in [-0.2, 0) is 20.9 Å². The Morgan fingerprint density at radius 1 is 0.944 bits per heavy atom. The van der Waals surface area contributed by atoms with Crippen molar-refractivity contribution in [3.63, 3.8) is 0 Å². The third-order valence-electron chi connectivity index (χ3n) is 5.80. The predicted octanol–water partition coefficient (Wildman–Crippen LogP) is 5.40. The Morgan fingerprint density at radius 2 is 1.50 bits per heavy atom. The zero-order chi connectivity index (χ0) is 26.7. The highest BCUT2D eigenvalue weighted by molar-refractivity contribution is 5.78. The first-order valence-corrected chi connectivity index (χ1v) is 10.1. The molecule has 2 aromatic rings. The Morgan fingerprint density at radius 3 is 2.00 bits per heavy atom. The molecule has 0 aliphatic carbocycles. The van der Waals surface area contributed by atoms with E-state index in [0.717, 1.165) is 12.1 Å². The maximum Gasteiger partial charge on any atom is 0.428 e. The number of likely N-dealkylation sites (tertiary alicyclic amines) is 1. The van der Waals surface area contributed by atoms with Gasteiger partial charge in [-0.3, -0.25) is 15.1 Å². The van der Waals surface area contributed by atoms with Crippen LogP contribution >= 0.6 is 0 Å². The van der Waals surface area contributed by atoms with Gasteiger partial charge in [0.25, 0.3) is 0 Å². The van der Waals surface area contributed by atoms with Crippen LogP contribution in [-0.4, -0.2) is 36.2 Å². The van der Waals surface area contributed by atoms with Crippen LogP contribution in [0.25, 0.3) is 5.70 Å². The molecular formula is C22H14F10N2O2. The molecule has 2 aliphatic rings. The molecule has 4 nitrogen and oxygen atoms in total. The monoisotopic (exact) mass is 528 g/mol. The molecule has 0 spiro atoms. The van der Waals surface area contributed by atoms with Crippen molar-refractivity contribution in [1.29, 1.82) is 0 Å². The van der Waals surface area contributed by atoms with Crippen LogP contribution in [0.3, 0.4) is 0 Å². The molecule has 1 N–H and O–H groups in total. The van der Waals surface area contributed by atoms with E-state index < -0.39 is 72.1 Å². The van der Waals surface area contributed by atoms with E-state index in [0.29, 0.717) is 11.0 Å². The second kappa shape index (κ2) is 8.39. The number of hydroxylamine groups is 1. The second-order valence-electron chi connectivity index (χ2n) is 8.33. The van der Waals surface area contributed by atoms with E-state index in [4.69, 9.17) is 0 Å². The van der Waals surface area contributed by atoms with Gasteiger partial charge in [-0.25, -0.2) is 17.6 Å². The highest BCUT2D eigenvalue weighted by Gasteiger charge is 2.60. The highest BCUT2D eigenvalue weighted by atomic mass is 19.4. The zero-order valence-corrected chi connectivity index (χ0v) is 17.7. The van der Waals surface area contributed by atoms with Gasteiger partial charge in [-0.05, 0) is 29.3 Å². The van der Waals surface area contributed by atoms with Crippen LogP contribution < -0.4 is 5.48 Å². The summed E-state index contributed by atoms with van der Waals surface area (Å²) in [5, 5.41) is 0. The molecule has 2 heterocycles. The van der Waals surface area contributed by atoms with Crippen LogP contribution in [0.1, 0.15) is 23.1 Å². The molecule has 0 aromatic heterocycles. The molecule has 4 rings (SSSR count).